The molecule has 0 aliphatic heterocycles. The van der Waals surface area contributed by atoms with Crippen molar-refractivity contribution in [3.63, 3.8) is 0 Å². The second kappa shape index (κ2) is 8.46. The van der Waals surface area contributed by atoms with Crippen LogP contribution >= 0.6 is 0 Å². The summed E-state index contributed by atoms with van der Waals surface area (Å²) in [6.45, 7) is 8.44. The molecule has 0 saturated carbocycles. The maximum atomic E-state index is 12.5. The number of hydrogen-bond donors (Lipinski definition) is 2. The maximum absolute atomic E-state index is 12.5. The molecule has 2 heterocycles. The van der Waals surface area contributed by atoms with Crippen LogP contribution in [0.4, 0.5) is 0 Å². The van der Waals surface area contributed by atoms with E-state index in [1.807, 2.05) is 6.92 Å². The summed E-state index contributed by atoms with van der Waals surface area (Å²) >= 11 is 0. The summed E-state index contributed by atoms with van der Waals surface area (Å²) in [5.74, 6) is 1.63. The fraction of sp³-hybridized carbons (Fsp3) is 0.476. The number of fused-ring (bicyclic) bond motifs is 1. The number of carbonyl (C=O) groups excluding carboxylic acids is 2. The van der Waals surface area contributed by atoms with Gasteiger partial charge in [0.05, 0.1) is 17.5 Å². The lowest BCUT2D eigenvalue weighted by molar-refractivity contribution is 0.0920. The first-order chi connectivity index (χ1) is 13.4. The number of furan rings is 2. The molecule has 0 unspecified atom stereocenters. The van der Waals surface area contributed by atoms with E-state index in [2.05, 4.69) is 29.7 Å². The van der Waals surface area contributed by atoms with E-state index in [0.717, 1.165) is 41.9 Å². The molecule has 0 radical (unpaired) electrons. The highest BCUT2D eigenvalue weighted by atomic mass is 16.4. The zero-order valence-corrected chi connectivity index (χ0v) is 16.8. The summed E-state index contributed by atoms with van der Waals surface area (Å²) in [6.07, 6.45) is 4.71. The summed E-state index contributed by atoms with van der Waals surface area (Å²) in [4.78, 5) is 24.8. The minimum atomic E-state index is -0.321. The molecule has 1 aliphatic rings. The summed E-state index contributed by atoms with van der Waals surface area (Å²) in [5, 5.41) is 7.24. The third-order valence-corrected chi connectivity index (χ3v) is 4.94. The van der Waals surface area contributed by atoms with Gasteiger partial charge >= 0.3 is 0 Å². The lowest BCUT2D eigenvalue weighted by atomic mass is 9.93. The number of hydrazone groups is 1. The Hall–Kier alpha value is -2.83. The fourth-order valence-electron chi connectivity index (χ4n) is 3.35. The first-order valence-electron chi connectivity index (χ1n) is 9.70. The molecule has 150 valence electrons. The molecule has 0 aromatic carbocycles. The third kappa shape index (κ3) is 4.18. The number of rotatable bonds is 6. The minimum Gasteiger partial charge on any atom is -0.469 e. The van der Waals surface area contributed by atoms with Gasteiger partial charge in [0.1, 0.15) is 11.5 Å². The van der Waals surface area contributed by atoms with Gasteiger partial charge in [0, 0.05) is 24.1 Å². The van der Waals surface area contributed by atoms with Crippen molar-refractivity contribution in [1.29, 1.82) is 0 Å². The van der Waals surface area contributed by atoms with Crippen LogP contribution in [0.1, 0.15) is 76.7 Å². The molecule has 2 N–H and O–H groups in total. The first-order valence-corrected chi connectivity index (χ1v) is 9.70. The molecule has 2 aromatic heterocycles. The van der Waals surface area contributed by atoms with Crippen LogP contribution in [0.5, 0.6) is 0 Å². The number of amides is 2. The smallest absolute Gasteiger partial charge is 0.287 e. The molecule has 0 spiro atoms. The van der Waals surface area contributed by atoms with Crippen LogP contribution in [0.25, 0.3) is 0 Å². The normalized spacial score (nSPS) is 15.0. The zero-order chi connectivity index (χ0) is 20.3. The van der Waals surface area contributed by atoms with Gasteiger partial charge in [0.2, 0.25) is 0 Å². The quantitative estimate of drug-likeness (QED) is 0.740. The van der Waals surface area contributed by atoms with Crippen molar-refractivity contribution < 1.29 is 18.4 Å². The van der Waals surface area contributed by atoms with Gasteiger partial charge in [0.15, 0.2) is 5.76 Å². The predicted octanol–water partition coefficient (Wildman–Crippen LogP) is 3.74. The molecule has 0 bridgehead atoms. The van der Waals surface area contributed by atoms with E-state index in [1.54, 1.807) is 13.0 Å². The zero-order valence-electron chi connectivity index (χ0n) is 16.8. The Kier molecular flexibility index (Phi) is 6.02. The summed E-state index contributed by atoms with van der Waals surface area (Å²) in [6, 6.07) is 1.61. The van der Waals surface area contributed by atoms with Crippen molar-refractivity contribution >= 4 is 17.5 Å². The predicted molar refractivity (Wildman–Crippen MR) is 106 cm³/mol. The topological polar surface area (TPSA) is 96.8 Å². The highest BCUT2D eigenvalue weighted by molar-refractivity contribution is 6.07. The summed E-state index contributed by atoms with van der Waals surface area (Å²) < 4.78 is 11.0. The molecule has 1 aliphatic carbocycles. The second-order valence-corrected chi connectivity index (χ2v) is 7.54. The Bertz CT molecular complexity index is 905. The molecule has 0 atom stereocenters. The van der Waals surface area contributed by atoms with Crippen LogP contribution in [0.3, 0.4) is 0 Å². The number of nitrogens with one attached hydrogen (secondary N) is 2. The average Bonchev–Trinajstić information content (AvgIpc) is 3.23. The van der Waals surface area contributed by atoms with Crippen molar-refractivity contribution in [2.75, 3.05) is 6.54 Å². The van der Waals surface area contributed by atoms with Gasteiger partial charge in [-0.2, -0.15) is 5.10 Å². The monoisotopic (exact) mass is 385 g/mol. The van der Waals surface area contributed by atoms with Crippen molar-refractivity contribution in [2.24, 2.45) is 11.0 Å². The Labute approximate surface area is 164 Å². The minimum absolute atomic E-state index is 0.204. The van der Waals surface area contributed by atoms with Crippen molar-refractivity contribution in [2.45, 2.75) is 53.4 Å². The van der Waals surface area contributed by atoms with Crippen molar-refractivity contribution in [3.8, 4) is 0 Å². The molecule has 0 fully saturated rings. The third-order valence-electron chi connectivity index (χ3n) is 4.94. The van der Waals surface area contributed by atoms with E-state index in [-0.39, 0.29) is 11.8 Å². The Morgan fingerprint density at radius 1 is 1.21 bits per heavy atom. The highest BCUT2D eigenvalue weighted by Crippen LogP contribution is 2.29. The second-order valence-electron chi connectivity index (χ2n) is 7.54. The van der Waals surface area contributed by atoms with Crippen LogP contribution in [0, 0.1) is 19.8 Å². The van der Waals surface area contributed by atoms with Gasteiger partial charge in [-0.3, -0.25) is 9.59 Å². The lowest BCUT2D eigenvalue weighted by Crippen LogP contribution is -2.25. The first kappa shape index (κ1) is 19.9. The highest BCUT2D eigenvalue weighted by Gasteiger charge is 2.28. The van der Waals surface area contributed by atoms with Gasteiger partial charge in [-0.15, -0.1) is 0 Å². The van der Waals surface area contributed by atoms with Crippen LogP contribution in [-0.2, 0) is 6.42 Å². The maximum Gasteiger partial charge on any atom is 0.287 e. The van der Waals surface area contributed by atoms with E-state index in [1.165, 1.54) is 6.26 Å². The van der Waals surface area contributed by atoms with E-state index >= 15 is 0 Å². The van der Waals surface area contributed by atoms with Gasteiger partial charge in [0.25, 0.3) is 11.8 Å². The van der Waals surface area contributed by atoms with Crippen LogP contribution in [-0.4, -0.2) is 24.1 Å². The van der Waals surface area contributed by atoms with E-state index in [0.29, 0.717) is 36.0 Å². The number of carbonyl (C=O) groups is 2. The van der Waals surface area contributed by atoms with Crippen molar-refractivity contribution in [3.05, 3.63) is 46.3 Å². The van der Waals surface area contributed by atoms with E-state index in [4.69, 9.17) is 8.83 Å². The molecular weight excluding hydrogens is 358 g/mol. The van der Waals surface area contributed by atoms with E-state index in [9.17, 15) is 9.59 Å². The molecule has 7 nitrogen and oxygen atoms in total. The number of hydrogen-bond acceptors (Lipinski definition) is 5. The Morgan fingerprint density at radius 2 is 2.00 bits per heavy atom. The SMILES string of the molecule is Cc1occc1C(=O)N/N=C1\CCCc2oc(C(=O)NCCC(C)C)c(C)c21. The lowest BCUT2D eigenvalue weighted by Gasteiger charge is -2.13. The van der Waals surface area contributed by atoms with Gasteiger partial charge in [-0.1, -0.05) is 13.8 Å². The molecule has 0 saturated heterocycles. The van der Waals surface area contributed by atoms with Gasteiger partial charge < -0.3 is 14.2 Å². The molecular formula is C21H27N3O4. The van der Waals surface area contributed by atoms with Crippen LogP contribution in [0.15, 0.2) is 26.3 Å². The molecule has 2 amide bonds. The molecule has 2 aromatic rings. The van der Waals surface area contributed by atoms with Crippen LogP contribution < -0.4 is 10.7 Å². The van der Waals surface area contributed by atoms with E-state index < -0.39 is 0 Å². The largest absolute Gasteiger partial charge is 0.469 e. The Balaban J connectivity index is 1.78. The summed E-state index contributed by atoms with van der Waals surface area (Å²) in [7, 11) is 0. The Morgan fingerprint density at radius 3 is 2.68 bits per heavy atom. The standard InChI is InChI=1S/C21H27N3O4/c1-12(2)8-10-22-21(26)19-13(3)18-16(6-5-7-17(18)28-19)23-24-20(25)15-9-11-27-14(15)4/h9,11-12H,5-8,10H2,1-4H3,(H,22,26)(H,24,25)/b23-16+. The molecule has 28 heavy (non-hydrogen) atoms. The number of aryl methyl sites for hydroxylation is 2. The average molecular weight is 385 g/mol. The fourth-order valence-corrected chi connectivity index (χ4v) is 3.35. The van der Waals surface area contributed by atoms with Gasteiger partial charge in [-0.05, 0) is 45.1 Å². The van der Waals surface area contributed by atoms with Crippen molar-refractivity contribution in [1.82, 2.24) is 10.7 Å². The summed E-state index contributed by atoms with van der Waals surface area (Å²) in [5.41, 5.74) is 5.39. The molecule has 3 rings (SSSR count). The number of nitrogens with zero attached hydrogens (tertiary/aromatic N) is 1. The molecule has 7 heteroatoms. The van der Waals surface area contributed by atoms with Crippen LogP contribution in [0.2, 0.25) is 0 Å². The van der Waals surface area contributed by atoms with Gasteiger partial charge in [-0.25, -0.2) is 5.43 Å².